The van der Waals surface area contributed by atoms with Crippen LogP contribution >= 0.6 is 0 Å². The van der Waals surface area contributed by atoms with Gasteiger partial charge in [0.25, 0.3) is 0 Å². The molecule has 0 radical (unpaired) electrons. The van der Waals surface area contributed by atoms with E-state index in [0.717, 1.165) is 0 Å². The fourth-order valence-corrected chi connectivity index (χ4v) is 0. The molecular formula is CH2KNa3O5. The second-order valence-corrected chi connectivity index (χ2v) is 0.250. The molecule has 5 nitrogen and oxygen atoms in total. The summed E-state index contributed by atoms with van der Waals surface area (Å²) in [6, 6.07) is 0. The Morgan fingerprint density at radius 3 is 0.900 bits per heavy atom. The number of carboxylic acid groups (broad SMARTS) is 2. The van der Waals surface area contributed by atoms with E-state index in [1.165, 1.54) is 0 Å². The maximum absolute atomic E-state index is 8.33. The average molecular weight is 202 g/mol. The summed E-state index contributed by atoms with van der Waals surface area (Å²) in [6.07, 6.45) is -2.33. The maximum atomic E-state index is 8.33. The molecule has 0 aliphatic rings. The summed E-state index contributed by atoms with van der Waals surface area (Å²) in [5.41, 5.74) is 0. The molecule has 0 aliphatic carbocycles. The predicted octanol–water partition coefficient (Wildman–Crippen LogP) is -14.8. The van der Waals surface area contributed by atoms with Crippen molar-refractivity contribution in [2.45, 2.75) is 0 Å². The molecule has 0 aliphatic heterocycles. The van der Waals surface area contributed by atoms with Crippen LogP contribution in [0.2, 0.25) is 0 Å². The third kappa shape index (κ3) is 94.7. The molecule has 0 saturated heterocycles. The van der Waals surface area contributed by atoms with Crippen LogP contribution in [-0.2, 0) is 0 Å². The molecule has 9 heteroatoms. The minimum absolute atomic E-state index is 0. The molecular weight excluding hydrogens is 200 g/mol. The summed E-state index contributed by atoms with van der Waals surface area (Å²) in [6.45, 7) is 0. The molecule has 0 rings (SSSR count). The van der Waals surface area contributed by atoms with Gasteiger partial charge >= 0.3 is 140 Å². The number of hydrogen-bond acceptors (Lipinski definition) is 5. The molecule has 0 amide bonds. The summed E-state index contributed by atoms with van der Waals surface area (Å²) in [5, 5.41) is 16.7. The van der Waals surface area contributed by atoms with E-state index < -0.39 is 6.16 Å². The Morgan fingerprint density at radius 2 is 0.900 bits per heavy atom. The van der Waals surface area contributed by atoms with Gasteiger partial charge in [-0.3, -0.25) is 0 Å². The van der Waals surface area contributed by atoms with E-state index in [0.29, 0.717) is 0 Å². The van der Waals surface area contributed by atoms with Crippen molar-refractivity contribution in [2.75, 3.05) is 0 Å². The summed E-state index contributed by atoms with van der Waals surface area (Å²) < 4.78 is 0. The van der Waals surface area contributed by atoms with Gasteiger partial charge < -0.3 is 26.0 Å². The average Bonchev–Trinajstić information content (AvgIpc) is 0.811. The summed E-state index contributed by atoms with van der Waals surface area (Å²) in [4.78, 5) is 8.33. The fraction of sp³-hybridized carbons (Fsp3) is 0. The monoisotopic (exact) mass is 202 g/mol. The van der Waals surface area contributed by atoms with Crippen molar-refractivity contribution in [1.82, 2.24) is 0 Å². The molecule has 0 unspecified atom stereocenters. The van der Waals surface area contributed by atoms with Crippen LogP contribution in [0.4, 0.5) is 4.79 Å². The minimum Gasteiger partial charge on any atom is -0.870 e. The van der Waals surface area contributed by atoms with Crippen molar-refractivity contribution in [2.24, 2.45) is 0 Å². The van der Waals surface area contributed by atoms with Crippen LogP contribution in [0.15, 0.2) is 0 Å². The fourth-order valence-electron chi connectivity index (χ4n) is 0. The van der Waals surface area contributed by atoms with Gasteiger partial charge in [-0.1, -0.05) is 0 Å². The van der Waals surface area contributed by atoms with Crippen LogP contribution in [0.5, 0.6) is 0 Å². The van der Waals surface area contributed by atoms with E-state index in [1.54, 1.807) is 0 Å². The molecule has 0 bridgehead atoms. The van der Waals surface area contributed by atoms with E-state index in [1.807, 2.05) is 0 Å². The molecule has 10 heavy (non-hydrogen) atoms. The molecule has 0 saturated carbocycles. The Balaban J connectivity index is -0.00000000300. The molecule has 0 fully saturated rings. The van der Waals surface area contributed by atoms with Crippen molar-refractivity contribution in [1.29, 1.82) is 0 Å². The smallest absolute Gasteiger partial charge is 0.870 e. The minimum atomic E-state index is -2.33. The SMILES string of the molecule is O=C([O-])[O-].[K+].[Na+].[Na+].[Na+].[OH-].[OH-]. The number of rotatable bonds is 0. The number of carbonyl (C=O) groups is 1. The van der Waals surface area contributed by atoms with E-state index in [9.17, 15) is 0 Å². The molecule has 0 aromatic rings. The topological polar surface area (TPSA) is 123 Å². The molecule has 0 heterocycles. The quantitative estimate of drug-likeness (QED) is 0.361. The third-order valence-electron chi connectivity index (χ3n) is 0. The van der Waals surface area contributed by atoms with Gasteiger partial charge in [-0.25, -0.2) is 0 Å². The Morgan fingerprint density at radius 1 is 0.900 bits per heavy atom. The Bertz CT molecular complexity index is 39.9. The Labute approximate surface area is 168 Å². The summed E-state index contributed by atoms with van der Waals surface area (Å²) >= 11 is 0. The van der Waals surface area contributed by atoms with Crippen LogP contribution in [0.25, 0.3) is 0 Å². The van der Waals surface area contributed by atoms with Gasteiger partial charge in [0.05, 0.1) is 0 Å². The van der Waals surface area contributed by atoms with Crippen molar-refractivity contribution >= 4 is 6.16 Å². The second-order valence-electron chi connectivity index (χ2n) is 0.250. The summed E-state index contributed by atoms with van der Waals surface area (Å²) in [7, 11) is 0. The van der Waals surface area contributed by atoms with Gasteiger partial charge in [0, 0.05) is 0 Å². The van der Waals surface area contributed by atoms with Crippen LogP contribution < -0.4 is 150 Å². The molecule has 0 aromatic carbocycles. The van der Waals surface area contributed by atoms with Crippen LogP contribution in [0.1, 0.15) is 0 Å². The third-order valence-corrected chi connectivity index (χ3v) is 0. The van der Waals surface area contributed by atoms with Crippen molar-refractivity contribution in [3.05, 3.63) is 0 Å². The molecule has 0 spiro atoms. The van der Waals surface area contributed by atoms with Gasteiger partial charge in [0.1, 0.15) is 0 Å². The molecule has 2 N–H and O–H groups in total. The zero-order valence-electron chi connectivity index (χ0n) is 6.62. The first-order valence-corrected chi connectivity index (χ1v) is 0.612. The van der Waals surface area contributed by atoms with Crippen molar-refractivity contribution in [3.63, 3.8) is 0 Å². The van der Waals surface area contributed by atoms with E-state index in [2.05, 4.69) is 0 Å². The zero-order valence-corrected chi connectivity index (χ0v) is 15.7. The van der Waals surface area contributed by atoms with Crippen molar-refractivity contribution < 1.29 is 166 Å². The van der Waals surface area contributed by atoms with E-state index in [4.69, 9.17) is 15.0 Å². The van der Waals surface area contributed by atoms with Crippen molar-refractivity contribution in [3.8, 4) is 0 Å². The number of carbonyl (C=O) groups excluding carboxylic acids is 1. The number of hydrogen-bond donors (Lipinski definition) is 0. The zero-order chi connectivity index (χ0) is 3.58. The Kier molecular flexibility index (Phi) is 188. The predicted molar refractivity (Wildman–Crippen MR) is 9.27 cm³/mol. The van der Waals surface area contributed by atoms with E-state index in [-0.39, 0.29) is 151 Å². The normalized spacial score (nSPS) is 2.40. The molecule has 0 aromatic heterocycles. The largest absolute Gasteiger partial charge is 1.00 e. The van der Waals surface area contributed by atoms with Crippen LogP contribution in [0.3, 0.4) is 0 Å². The standard InChI is InChI=1S/CH2O3.K.3Na.2H2O/c2-1(3)4;;;;;;/h(H2,2,3,4);;;;;2*1H2/q;4*+1;;/p-4. The van der Waals surface area contributed by atoms with Gasteiger partial charge in [-0.15, -0.1) is 0 Å². The molecule has 0 atom stereocenters. The summed E-state index contributed by atoms with van der Waals surface area (Å²) in [5.74, 6) is 0. The molecule has 40 valence electrons. The van der Waals surface area contributed by atoms with Gasteiger partial charge in [-0.05, 0) is 6.16 Å². The van der Waals surface area contributed by atoms with Gasteiger partial charge in [-0.2, -0.15) is 0 Å². The first kappa shape index (κ1) is 48.8. The Hall–Kier alpha value is 3.83. The van der Waals surface area contributed by atoms with Gasteiger partial charge in [0.15, 0.2) is 0 Å². The van der Waals surface area contributed by atoms with Gasteiger partial charge in [0.2, 0.25) is 0 Å². The van der Waals surface area contributed by atoms with E-state index >= 15 is 0 Å². The van der Waals surface area contributed by atoms with Crippen LogP contribution in [0, 0.1) is 0 Å². The van der Waals surface area contributed by atoms with Crippen LogP contribution in [-0.4, -0.2) is 17.1 Å². The maximum Gasteiger partial charge on any atom is 1.00 e. The first-order chi connectivity index (χ1) is 1.73. The first-order valence-electron chi connectivity index (χ1n) is 0.612. The second kappa shape index (κ2) is 38.5.